The van der Waals surface area contributed by atoms with Gasteiger partial charge in [0, 0.05) is 18.8 Å². The van der Waals surface area contributed by atoms with E-state index in [-0.39, 0.29) is 17.8 Å². The van der Waals surface area contributed by atoms with E-state index in [0.29, 0.717) is 18.7 Å². The van der Waals surface area contributed by atoms with Crippen molar-refractivity contribution in [2.24, 2.45) is 5.92 Å². The molecule has 108 valence electrons. The normalized spacial score (nSPS) is 18.8. The maximum atomic E-state index is 12.5. The number of nitrogens with zero attached hydrogens (tertiary/aromatic N) is 2. The van der Waals surface area contributed by atoms with Gasteiger partial charge in [0.1, 0.15) is 0 Å². The Labute approximate surface area is 118 Å². The third-order valence-corrected chi connectivity index (χ3v) is 3.70. The van der Waals surface area contributed by atoms with E-state index in [1.807, 2.05) is 26.0 Å². The second-order valence-electron chi connectivity index (χ2n) is 5.20. The summed E-state index contributed by atoms with van der Waals surface area (Å²) in [5.74, 6) is -0.499. The topological polar surface area (TPSA) is 59.5 Å². The first-order valence-corrected chi connectivity index (χ1v) is 6.84. The lowest BCUT2D eigenvalue weighted by Gasteiger charge is -2.31. The lowest BCUT2D eigenvalue weighted by molar-refractivity contribution is -0.146. The van der Waals surface area contributed by atoms with Crippen LogP contribution in [0.15, 0.2) is 12.1 Å². The molecule has 1 saturated heterocycles. The van der Waals surface area contributed by atoms with Crippen LogP contribution < -0.4 is 0 Å². The Kier molecular flexibility index (Phi) is 4.37. The summed E-state index contributed by atoms with van der Waals surface area (Å²) in [6, 6.07) is 3.64. The molecule has 5 nitrogen and oxygen atoms in total. The van der Waals surface area contributed by atoms with E-state index >= 15 is 0 Å². The highest BCUT2D eigenvalue weighted by atomic mass is 16.5. The molecule has 20 heavy (non-hydrogen) atoms. The van der Waals surface area contributed by atoms with Crippen molar-refractivity contribution in [1.82, 2.24) is 9.88 Å². The molecule has 1 aromatic rings. The van der Waals surface area contributed by atoms with E-state index < -0.39 is 0 Å². The number of hydrogen-bond donors (Lipinski definition) is 0. The summed E-state index contributed by atoms with van der Waals surface area (Å²) in [7, 11) is 1.39. The lowest BCUT2D eigenvalue weighted by Crippen LogP contribution is -2.42. The van der Waals surface area contributed by atoms with Gasteiger partial charge in [0.25, 0.3) is 5.91 Å². The number of esters is 1. The summed E-state index contributed by atoms with van der Waals surface area (Å²) in [5.41, 5.74) is 2.24. The Hall–Kier alpha value is -1.91. The third-order valence-electron chi connectivity index (χ3n) is 3.70. The van der Waals surface area contributed by atoms with Crippen LogP contribution in [0.4, 0.5) is 0 Å². The lowest BCUT2D eigenvalue weighted by atomic mass is 9.97. The second-order valence-corrected chi connectivity index (χ2v) is 5.20. The van der Waals surface area contributed by atoms with Gasteiger partial charge in [0.15, 0.2) is 0 Å². The van der Waals surface area contributed by atoms with Gasteiger partial charge < -0.3 is 9.64 Å². The van der Waals surface area contributed by atoms with Crippen LogP contribution in [0.2, 0.25) is 0 Å². The summed E-state index contributed by atoms with van der Waals surface area (Å²) >= 11 is 0. The molecule has 0 aromatic carbocycles. The molecule has 2 rings (SSSR count). The number of amides is 1. The molecule has 1 aromatic heterocycles. The zero-order valence-corrected chi connectivity index (χ0v) is 12.2. The van der Waals surface area contributed by atoms with Crippen LogP contribution in [-0.2, 0) is 9.53 Å². The van der Waals surface area contributed by atoms with Gasteiger partial charge in [-0.2, -0.15) is 0 Å². The van der Waals surface area contributed by atoms with Crippen molar-refractivity contribution in [3.05, 3.63) is 29.1 Å². The molecule has 0 unspecified atom stereocenters. The van der Waals surface area contributed by atoms with Crippen molar-refractivity contribution in [1.29, 1.82) is 0 Å². The number of carbonyl (C=O) groups excluding carboxylic acids is 2. The number of methoxy groups -OCH3 is 1. The number of ether oxygens (including phenoxy) is 1. The Morgan fingerprint density at radius 1 is 1.35 bits per heavy atom. The van der Waals surface area contributed by atoms with Crippen molar-refractivity contribution in [3.63, 3.8) is 0 Å². The summed E-state index contributed by atoms with van der Waals surface area (Å²) in [4.78, 5) is 30.2. The number of hydrogen-bond acceptors (Lipinski definition) is 4. The van der Waals surface area contributed by atoms with Crippen molar-refractivity contribution in [3.8, 4) is 0 Å². The molecule has 0 bridgehead atoms. The zero-order valence-electron chi connectivity index (χ0n) is 12.2. The average Bonchev–Trinajstić information content (AvgIpc) is 2.46. The smallest absolute Gasteiger partial charge is 0.310 e. The Balaban J connectivity index is 2.14. The van der Waals surface area contributed by atoms with Crippen LogP contribution in [-0.4, -0.2) is 42.0 Å². The molecular formula is C15H20N2O3. The molecule has 0 aliphatic carbocycles. The number of rotatable bonds is 2. The molecule has 5 heteroatoms. The van der Waals surface area contributed by atoms with Gasteiger partial charge in [-0.3, -0.25) is 14.6 Å². The van der Waals surface area contributed by atoms with E-state index in [1.165, 1.54) is 7.11 Å². The van der Waals surface area contributed by atoms with E-state index in [4.69, 9.17) is 4.74 Å². The molecule has 0 saturated carbocycles. The van der Waals surface area contributed by atoms with E-state index in [0.717, 1.165) is 24.2 Å². The monoisotopic (exact) mass is 276 g/mol. The van der Waals surface area contributed by atoms with Gasteiger partial charge >= 0.3 is 5.97 Å². The summed E-state index contributed by atoms with van der Waals surface area (Å²) < 4.78 is 4.77. The maximum absolute atomic E-state index is 12.5. The summed E-state index contributed by atoms with van der Waals surface area (Å²) in [6.45, 7) is 4.84. The number of likely N-dealkylation sites (tertiary alicyclic amines) is 1. The van der Waals surface area contributed by atoms with Crippen molar-refractivity contribution >= 4 is 11.9 Å². The molecule has 2 heterocycles. The van der Waals surface area contributed by atoms with Crippen molar-refractivity contribution < 1.29 is 14.3 Å². The van der Waals surface area contributed by atoms with Crippen LogP contribution >= 0.6 is 0 Å². The molecular weight excluding hydrogens is 256 g/mol. The molecule has 1 aliphatic rings. The molecule has 0 N–H and O–H groups in total. The summed E-state index contributed by atoms with van der Waals surface area (Å²) in [6.07, 6.45) is 1.60. The zero-order chi connectivity index (χ0) is 14.7. The van der Waals surface area contributed by atoms with E-state index in [2.05, 4.69) is 4.98 Å². The number of pyridine rings is 1. The molecule has 1 amide bonds. The predicted molar refractivity (Wildman–Crippen MR) is 74.4 cm³/mol. The van der Waals surface area contributed by atoms with Gasteiger partial charge in [0.05, 0.1) is 24.3 Å². The van der Waals surface area contributed by atoms with Crippen LogP contribution in [0, 0.1) is 19.8 Å². The van der Waals surface area contributed by atoms with Crippen molar-refractivity contribution in [2.75, 3.05) is 20.2 Å². The maximum Gasteiger partial charge on any atom is 0.310 e. The first-order valence-electron chi connectivity index (χ1n) is 6.84. The third kappa shape index (κ3) is 2.98. The minimum atomic E-state index is -0.235. The quantitative estimate of drug-likeness (QED) is 0.772. The fourth-order valence-corrected chi connectivity index (χ4v) is 2.60. The number of carbonyl (C=O) groups is 2. The molecule has 1 aliphatic heterocycles. The number of aromatic nitrogens is 1. The predicted octanol–water partition coefficient (Wildman–Crippen LogP) is 1.72. The average molecular weight is 276 g/mol. The highest BCUT2D eigenvalue weighted by Gasteiger charge is 2.30. The van der Waals surface area contributed by atoms with Crippen LogP contribution in [0.1, 0.15) is 34.6 Å². The van der Waals surface area contributed by atoms with Crippen LogP contribution in [0.3, 0.4) is 0 Å². The second kappa shape index (κ2) is 6.03. The fraction of sp³-hybridized carbons (Fsp3) is 0.533. The van der Waals surface area contributed by atoms with Gasteiger partial charge in [-0.05, 0) is 38.8 Å². The van der Waals surface area contributed by atoms with Crippen molar-refractivity contribution in [2.45, 2.75) is 26.7 Å². The first kappa shape index (κ1) is 14.5. The number of piperidine rings is 1. The standard InChI is InChI=1S/C15H20N2O3/c1-10-6-7-13(11(2)16-10)14(18)17-8-4-5-12(9-17)15(19)20-3/h6-7,12H,4-5,8-9H2,1-3H3/t12-/m0/s1. The van der Waals surface area contributed by atoms with E-state index in [1.54, 1.807) is 4.90 Å². The van der Waals surface area contributed by atoms with Crippen LogP contribution in [0.5, 0.6) is 0 Å². The molecule has 0 radical (unpaired) electrons. The minimum Gasteiger partial charge on any atom is -0.469 e. The Bertz CT molecular complexity index is 528. The van der Waals surface area contributed by atoms with E-state index in [9.17, 15) is 9.59 Å². The minimum absolute atomic E-state index is 0.0522. The van der Waals surface area contributed by atoms with Gasteiger partial charge in [-0.15, -0.1) is 0 Å². The van der Waals surface area contributed by atoms with Gasteiger partial charge in [-0.25, -0.2) is 0 Å². The largest absolute Gasteiger partial charge is 0.469 e. The fourth-order valence-electron chi connectivity index (χ4n) is 2.60. The van der Waals surface area contributed by atoms with Gasteiger partial charge in [-0.1, -0.05) is 0 Å². The Morgan fingerprint density at radius 2 is 2.10 bits per heavy atom. The molecule has 0 spiro atoms. The Morgan fingerprint density at radius 3 is 2.75 bits per heavy atom. The van der Waals surface area contributed by atoms with Gasteiger partial charge in [0.2, 0.25) is 0 Å². The molecule has 1 atom stereocenters. The number of aryl methyl sites for hydroxylation is 2. The highest BCUT2D eigenvalue weighted by molar-refractivity contribution is 5.95. The molecule has 1 fully saturated rings. The van der Waals surface area contributed by atoms with Crippen LogP contribution in [0.25, 0.3) is 0 Å². The SMILES string of the molecule is COC(=O)[C@H]1CCCN(C(=O)c2ccc(C)nc2C)C1. The first-order chi connectivity index (χ1) is 9.52. The highest BCUT2D eigenvalue weighted by Crippen LogP contribution is 2.20. The summed E-state index contributed by atoms with van der Waals surface area (Å²) in [5, 5.41) is 0.